The monoisotopic (exact) mass is 267 g/mol. The average molecular weight is 267 g/mol. The molecule has 0 atom stereocenters. The minimum absolute atomic E-state index is 0.690. The van der Waals surface area contributed by atoms with Gasteiger partial charge in [0.2, 0.25) is 0 Å². The first-order chi connectivity index (χ1) is 9.92. The zero-order chi connectivity index (χ0) is 13.6. The number of hydrogen-bond acceptors (Lipinski definition) is 3. The van der Waals surface area contributed by atoms with E-state index in [2.05, 4.69) is 21.4 Å². The molecule has 20 heavy (non-hydrogen) atoms. The number of benzene rings is 1. The molecule has 0 unspecified atom stereocenters. The van der Waals surface area contributed by atoms with E-state index in [1.54, 1.807) is 6.20 Å². The summed E-state index contributed by atoms with van der Waals surface area (Å²) in [7, 11) is 0. The molecule has 2 aromatic heterocycles. The predicted molar refractivity (Wildman–Crippen MR) is 81.1 cm³/mol. The number of fused-ring (bicyclic) bond motifs is 1. The van der Waals surface area contributed by atoms with Crippen molar-refractivity contribution in [2.45, 2.75) is 6.42 Å². The lowest BCUT2D eigenvalue weighted by Gasteiger charge is -2.07. The molecule has 0 fully saturated rings. The van der Waals surface area contributed by atoms with Crippen LogP contribution in [0.4, 0.5) is 5.82 Å². The van der Waals surface area contributed by atoms with Crippen molar-refractivity contribution in [2.75, 3.05) is 18.5 Å². The Morgan fingerprint density at radius 1 is 1.15 bits per heavy atom. The van der Waals surface area contributed by atoms with Gasteiger partial charge in [0, 0.05) is 29.8 Å². The normalized spacial score (nSPS) is 10.6. The van der Waals surface area contributed by atoms with Crippen LogP contribution in [-0.2, 0) is 0 Å². The fourth-order valence-corrected chi connectivity index (χ4v) is 2.07. The predicted octanol–water partition coefficient (Wildman–Crippen LogP) is 3.44. The summed E-state index contributed by atoms with van der Waals surface area (Å²) in [6.45, 7) is 1.54. The van der Waals surface area contributed by atoms with Crippen LogP contribution >= 0.6 is 0 Å². The van der Waals surface area contributed by atoms with E-state index in [1.165, 1.54) is 5.39 Å². The van der Waals surface area contributed by atoms with E-state index in [0.717, 1.165) is 30.0 Å². The Kier molecular flexibility index (Phi) is 3.83. The molecule has 4 nitrogen and oxygen atoms in total. The summed E-state index contributed by atoms with van der Waals surface area (Å²) in [5.41, 5.74) is 1.13. The van der Waals surface area contributed by atoms with Gasteiger partial charge in [0.15, 0.2) is 0 Å². The molecule has 4 heteroatoms. The Bertz CT molecular complexity index is 664. The number of rotatable bonds is 6. The first-order valence-corrected chi connectivity index (χ1v) is 6.77. The van der Waals surface area contributed by atoms with E-state index in [4.69, 9.17) is 4.74 Å². The fourth-order valence-electron chi connectivity index (χ4n) is 2.07. The summed E-state index contributed by atoms with van der Waals surface area (Å²) in [5.74, 6) is 1.82. The molecule has 0 aliphatic rings. The second-order valence-electron chi connectivity index (χ2n) is 4.57. The van der Waals surface area contributed by atoms with Gasteiger partial charge in [-0.05, 0) is 42.8 Å². The van der Waals surface area contributed by atoms with Gasteiger partial charge in [-0.2, -0.15) is 0 Å². The lowest BCUT2D eigenvalue weighted by Crippen LogP contribution is -2.07. The van der Waals surface area contributed by atoms with E-state index in [0.29, 0.717) is 6.61 Å². The number of nitrogens with zero attached hydrogens (tertiary/aromatic N) is 1. The largest absolute Gasteiger partial charge is 0.494 e. The fraction of sp³-hybridized carbons (Fsp3) is 0.188. The summed E-state index contributed by atoms with van der Waals surface area (Å²) >= 11 is 0. The molecule has 3 rings (SSSR count). The highest BCUT2D eigenvalue weighted by atomic mass is 16.5. The molecule has 0 saturated heterocycles. The van der Waals surface area contributed by atoms with Gasteiger partial charge in [-0.3, -0.25) is 0 Å². The highest BCUT2D eigenvalue weighted by Crippen LogP contribution is 2.19. The van der Waals surface area contributed by atoms with Crippen LogP contribution in [0.5, 0.6) is 5.75 Å². The van der Waals surface area contributed by atoms with Crippen molar-refractivity contribution in [1.29, 1.82) is 0 Å². The molecule has 2 heterocycles. The van der Waals surface area contributed by atoms with Gasteiger partial charge in [-0.15, -0.1) is 0 Å². The summed E-state index contributed by atoms with van der Waals surface area (Å²) in [4.78, 5) is 7.38. The van der Waals surface area contributed by atoms with Crippen molar-refractivity contribution in [1.82, 2.24) is 9.97 Å². The molecule has 0 radical (unpaired) electrons. The van der Waals surface area contributed by atoms with E-state index in [9.17, 15) is 0 Å². The Morgan fingerprint density at radius 3 is 3.05 bits per heavy atom. The van der Waals surface area contributed by atoms with Crippen molar-refractivity contribution in [3.8, 4) is 5.75 Å². The van der Waals surface area contributed by atoms with Crippen molar-refractivity contribution in [3.63, 3.8) is 0 Å². The van der Waals surface area contributed by atoms with Crippen LogP contribution in [0.25, 0.3) is 10.9 Å². The first kappa shape index (κ1) is 12.5. The van der Waals surface area contributed by atoms with Crippen LogP contribution in [0.15, 0.2) is 54.9 Å². The van der Waals surface area contributed by atoms with Crippen LogP contribution in [0.1, 0.15) is 6.42 Å². The maximum atomic E-state index is 5.75. The molecule has 102 valence electrons. The van der Waals surface area contributed by atoms with Gasteiger partial charge >= 0.3 is 0 Å². The van der Waals surface area contributed by atoms with Gasteiger partial charge in [-0.1, -0.05) is 6.07 Å². The molecule has 0 spiro atoms. The highest BCUT2D eigenvalue weighted by molar-refractivity contribution is 5.80. The minimum Gasteiger partial charge on any atom is -0.494 e. The average Bonchev–Trinajstić information content (AvgIpc) is 2.95. The molecule has 3 aromatic rings. The molecule has 0 aliphatic carbocycles. The van der Waals surface area contributed by atoms with Crippen molar-refractivity contribution >= 4 is 16.7 Å². The summed E-state index contributed by atoms with van der Waals surface area (Å²) in [5, 5.41) is 4.44. The number of aromatic nitrogens is 2. The maximum Gasteiger partial charge on any atom is 0.125 e. The third kappa shape index (κ3) is 3.09. The third-order valence-corrected chi connectivity index (χ3v) is 3.09. The Labute approximate surface area is 117 Å². The molecule has 0 amide bonds. The van der Waals surface area contributed by atoms with Crippen LogP contribution in [0.3, 0.4) is 0 Å². The van der Waals surface area contributed by atoms with Gasteiger partial charge < -0.3 is 15.0 Å². The summed E-state index contributed by atoms with van der Waals surface area (Å²) in [6, 6.07) is 14.0. The van der Waals surface area contributed by atoms with E-state index < -0.39 is 0 Å². The zero-order valence-corrected chi connectivity index (χ0v) is 11.2. The number of nitrogens with one attached hydrogen (secondary N) is 2. The number of ether oxygens (including phenoxy) is 1. The van der Waals surface area contributed by atoms with Gasteiger partial charge in [0.1, 0.15) is 11.6 Å². The summed E-state index contributed by atoms with van der Waals surface area (Å²) in [6.07, 6.45) is 4.65. The Balaban J connectivity index is 1.43. The molecular formula is C16H17N3O. The third-order valence-electron chi connectivity index (χ3n) is 3.09. The van der Waals surface area contributed by atoms with Crippen molar-refractivity contribution < 1.29 is 4.74 Å². The Morgan fingerprint density at radius 2 is 2.15 bits per heavy atom. The van der Waals surface area contributed by atoms with E-state index >= 15 is 0 Å². The molecule has 1 aromatic carbocycles. The SMILES string of the molecule is c1ccc(NCCCOc2ccc3[nH]ccc3c2)nc1. The van der Waals surface area contributed by atoms with Crippen LogP contribution in [0.2, 0.25) is 0 Å². The van der Waals surface area contributed by atoms with Crippen molar-refractivity contribution in [2.24, 2.45) is 0 Å². The molecule has 0 aliphatic heterocycles. The number of anilines is 1. The van der Waals surface area contributed by atoms with Crippen molar-refractivity contribution in [3.05, 3.63) is 54.9 Å². The number of hydrogen-bond donors (Lipinski definition) is 2. The molecule has 0 saturated carbocycles. The first-order valence-electron chi connectivity index (χ1n) is 6.77. The van der Waals surface area contributed by atoms with Crippen LogP contribution in [0, 0.1) is 0 Å². The van der Waals surface area contributed by atoms with E-state index in [1.807, 2.05) is 42.6 Å². The van der Waals surface area contributed by atoms with E-state index in [-0.39, 0.29) is 0 Å². The van der Waals surface area contributed by atoms with Crippen LogP contribution < -0.4 is 10.1 Å². The lowest BCUT2D eigenvalue weighted by atomic mass is 10.2. The molecule has 2 N–H and O–H groups in total. The van der Waals surface area contributed by atoms with Gasteiger partial charge in [0.25, 0.3) is 0 Å². The summed E-state index contributed by atoms with van der Waals surface area (Å²) < 4.78 is 5.75. The smallest absolute Gasteiger partial charge is 0.125 e. The zero-order valence-electron chi connectivity index (χ0n) is 11.2. The second kappa shape index (κ2) is 6.10. The standard InChI is InChI=1S/C16H17N3O/c1-2-8-18-16(4-1)19-9-3-11-20-14-5-6-15-13(12-14)7-10-17-15/h1-2,4-8,10,12,17H,3,9,11H2,(H,18,19). The quantitative estimate of drug-likeness (QED) is 0.673. The molecule has 0 bridgehead atoms. The van der Waals surface area contributed by atoms with Gasteiger partial charge in [-0.25, -0.2) is 4.98 Å². The highest BCUT2D eigenvalue weighted by Gasteiger charge is 1.98. The van der Waals surface area contributed by atoms with Crippen LogP contribution in [-0.4, -0.2) is 23.1 Å². The number of H-pyrrole nitrogens is 1. The number of aromatic amines is 1. The molecular weight excluding hydrogens is 250 g/mol. The minimum atomic E-state index is 0.690. The number of pyridine rings is 1. The Hall–Kier alpha value is -2.49. The second-order valence-corrected chi connectivity index (χ2v) is 4.57. The topological polar surface area (TPSA) is 49.9 Å². The van der Waals surface area contributed by atoms with Gasteiger partial charge in [0.05, 0.1) is 6.61 Å². The maximum absolute atomic E-state index is 5.75. The lowest BCUT2D eigenvalue weighted by molar-refractivity contribution is 0.315.